The molecule has 3 nitrogen and oxygen atoms in total. The third-order valence-electron chi connectivity index (χ3n) is 3.98. The van der Waals surface area contributed by atoms with E-state index in [0.717, 1.165) is 25.4 Å². The lowest BCUT2D eigenvalue weighted by atomic mass is 9.89. The summed E-state index contributed by atoms with van der Waals surface area (Å²) in [6, 6.07) is 18.8. The molecule has 0 spiro atoms. The molecule has 1 fully saturated rings. The number of ether oxygens (including phenoxy) is 2. The van der Waals surface area contributed by atoms with Gasteiger partial charge in [0, 0.05) is 19.0 Å². The van der Waals surface area contributed by atoms with Crippen molar-refractivity contribution in [3.8, 4) is 5.75 Å². The Morgan fingerprint density at radius 2 is 1.76 bits per heavy atom. The molecule has 0 unspecified atom stereocenters. The van der Waals surface area contributed by atoms with E-state index in [9.17, 15) is 0 Å². The van der Waals surface area contributed by atoms with Gasteiger partial charge in [-0.1, -0.05) is 42.5 Å². The van der Waals surface area contributed by atoms with Gasteiger partial charge in [-0.05, 0) is 23.3 Å². The quantitative estimate of drug-likeness (QED) is 0.938. The van der Waals surface area contributed by atoms with Gasteiger partial charge in [-0.25, -0.2) is 0 Å². The molecule has 1 N–H and O–H groups in total. The van der Waals surface area contributed by atoms with Crippen molar-refractivity contribution in [2.45, 2.75) is 12.0 Å². The molecule has 0 radical (unpaired) electrons. The fourth-order valence-electron chi connectivity index (χ4n) is 2.85. The van der Waals surface area contributed by atoms with Crippen LogP contribution < -0.4 is 10.1 Å². The van der Waals surface area contributed by atoms with Gasteiger partial charge < -0.3 is 14.8 Å². The van der Waals surface area contributed by atoms with E-state index >= 15 is 0 Å². The Kier molecular flexibility index (Phi) is 4.53. The van der Waals surface area contributed by atoms with Crippen molar-refractivity contribution in [3.05, 3.63) is 65.7 Å². The van der Waals surface area contributed by atoms with Crippen LogP contribution in [0.1, 0.15) is 23.1 Å². The van der Waals surface area contributed by atoms with Gasteiger partial charge in [-0.2, -0.15) is 0 Å². The lowest BCUT2D eigenvalue weighted by molar-refractivity contribution is 0.0515. The van der Waals surface area contributed by atoms with Crippen LogP contribution in [0.15, 0.2) is 54.6 Å². The summed E-state index contributed by atoms with van der Waals surface area (Å²) in [5.74, 6) is 1.20. The van der Waals surface area contributed by atoms with Crippen LogP contribution in [0.3, 0.4) is 0 Å². The van der Waals surface area contributed by atoms with E-state index < -0.39 is 0 Å². The molecule has 0 saturated carbocycles. The SMILES string of the molecule is COc1ccc([C@@H]2OCCNC[C@@H]2c2ccccc2)cc1. The summed E-state index contributed by atoms with van der Waals surface area (Å²) < 4.78 is 11.4. The Hall–Kier alpha value is -1.84. The van der Waals surface area contributed by atoms with Crippen molar-refractivity contribution < 1.29 is 9.47 Å². The van der Waals surface area contributed by atoms with Crippen molar-refractivity contribution >= 4 is 0 Å². The minimum Gasteiger partial charge on any atom is -0.497 e. The van der Waals surface area contributed by atoms with E-state index in [-0.39, 0.29) is 6.10 Å². The molecular formula is C18H21NO2. The van der Waals surface area contributed by atoms with Crippen LogP contribution >= 0.6 is 0 Å². The third-order valence-corrected chi connectivity index (χ3v) is 3.98. The largest absolute Gasteiger partial charge is 0.497 e. The molecule has 1 saturated heterocycles. The zero-order chi connectivity index (χ0) is 14.5. The summed E-state index contributed by atoms with van der Waals surface area (Å²) in [6.07, 6.45) is 0.0771. The van der Waals surface area contributed by atoms with E-state index in [0.29, 0.717) is 5.92 Å². The maximum Gasteiger partial charge on any atom is 0.118 e. The molecule has 0 bridgehead atoms. The second-order valence-electron chi connectivity index (χ2n) is 5.29. The van der Waals surface area contributed by atoms with Gasteiger partial charge in [0.05, 0.1) is 19.8 Å². The first-order valence-corrected chi connectivity index (χ1v) is 7.39. The number of rotatable bonds is 3. The number of hydrogen-bond donors (Lipinski definition) is 1. The van der Waals surface area contributed by atoms with Crippen LogP contribution in [-0.4, -0.2) is 26.8 Å². The molecule has 0 aromatic heterocycles. The molecule has 0 aliphatic carbocycles. The van der Waals surface area contributed by atoms with Crippen molar-refractivity contribution in [3.63, 3.8) is 0 Å². The van der Waals surface area contributed by atoms with E-state index in [1.54, 1.807) is 7.11 Å². The molecule has 21 heavy (non-hydrogen) atoms. The first-order valence-electron chi connectivity index (χ1n) is 7.39. The van der Waals surface area contributed by atoms with Crippen LogP contribution in [0.4, 0.5) is 0 Å². The zero-order valence-corrected chi connectivity index (χ0v) is 12.3. The van der Waals surface area contributed by atoms with Gasteiger partial charge >= 0.3 is 0 Å². The first kappa shape index (κ1) is 14.1. The molecule has 2 atom stereocenters. The molecule has 1 heterocycles. The van der Waals surface area contributed by atoms with Crippen molar-refractivity contribution in [1.82, 2.24) is 5.32 Å². The summed E-state index contributed by atoms with van der Waals surface area (Å²) in [4.78, 5) is 0. The molecule has 3 heteroatoms. The normalized spacial score (nSPS) is 22.5. The second-order valence-corrected chi connectivity index (χ2v) is 5.29. The van der Waals surface area contributed by atoms with Gasteiger partial charge in [0.25, 0.3) is 0 Å². The molecule has 110 valence electrons. The van der Waals surface area contributed by atoms with Gasteiger partial charge in [0.2, 0.25) is 0 Å². The van der Waals surface area contributed by atoms with Crippen molar-refractivity contribution in [1.29, 1.82) is 0 Å². The molecular weight excluding hydrogens is 262 g/mol. The van der Waals surface area contributed by atoms with E-state index in [1.807, 2.05) is 12.1 Å². The smallest absolute Gasteiger partial charge is 0.118 e. The minimum absolute atomic E-state index is 0.0771. The summed E-state index contributed by atoms with van der Waals surface area (Å²) in [5.41, 5.74) is 2.51. The lowest BCUT2D eigenvalue weighted by Crippen LogP contribution is -2.22. The number of benzene rings is 2. The van der Waals surface area contributed by atoms with Gasteiger partial charge in [-0.3, -0.25) is 0 Å². The average Bonchev–Trinajstić information content (AvgIpc) is 2.81. The number of hydrogen-bond acceptors (Lipinski definition) is 3. The molecule has 1 aliphatic rings. The van der Waals surface area contributed by atoms with Crippen molar-refractivity contribution in [2.75, 3.05) is 26.8 Å². The maximum absolute atomic E-state index is 6.13. The number of nitrogens with one attached hydrogen (secondary N) is 1. The molecule has 1 aliphatic heterocycles. The Labute approximate surface area is 125 Å². The molecule has 2 aromatic rings. The highest BCUT2D eigenvalue weighted by atomic mass is 16.5. The predicted molar refractivity (Wildman–Crippen MR) is 83.7 cm³/mol. The average molecular weight is 283 g/mol. The van der Waals surface area contributed by atoms with E-state index in [2.05, 4.69) is 47.8 Å². The van der Waals surface area contributed by atoms with Crippen LogP contribution in [0.2, 0.25) is 0 Å². The fourth-order valence-corrected chi connectivity index (χ4v) is 2.85. The number of methoxy groups -OCH3 is 1. The van der Waals surface area contributed by atoms with Crippen molar-refractivity contribution in [2.24, 2.45) is 0 Å². The van der Waals surface area contributed by atoms with Crippen LogP contribution in [0.25, 0.3) is 0 Å². The van der Waals surface area contributed by atoms with E-state index in [1.165, 1.54) is 11.1 Å². The van der Waals surface area contributed by atoms with E-state index in [4.69, 9.17) is 9.47 Å². The van der Waals surface area contributed by atoms with Crippen LogP contribution in [0, 0.1) is 0 Å². The highest BCUT2D eigenvalue weighted by Crippen LogP contribution is 2.35. The molecule has 0 amide bonds. The van der Waals surface area contributed by atoms with Gasteiger partial charge in [0.1, 0.15) is 5.75 Å². The summed E-state index contributed by atoms with van der Waals surface area (Å²) in [6.45, 7) is 2.57. The second kappa shape index (κ2) is 6.74. The Morgan fingerprint density at radius 3 is 2.48 bits per heavy atom. The van der Waals surface area contributed by atoms with Gasteiger partial charge in [0.15, 0.2) is 0 Å². The first-order chi connectivity index (χ1) is 10.4. The zero-order valence-electron chi connectivity index (χ0n) is 12.3. The predicted octanol–water partition coefficient (Wildman–Crippen LogP) is 3.14. The van der Waals surface area contributed by atoms with Crippen LogP contribution in [-0.2, 0) is 4.74 Å². The van der Waals surface area contributed by atoms with Crippen LogP contribution in [0.5, 0.6) is 5.75 Å². The maximum atomic E-state index is 6.13. The third kappa shape index (κ3) is 3.26. The lowest BCUT2D eigenvalue weighted by Gasteiger charge is -2.25. The summed E-state index contributed by atoms with van der Waals surface area (Å²) >= 11 is 0. The summed E-state index contributed by atoms with van der Waals surface area (Å²) in [5, 5.41) is 3.47. The molecule has 2 aromatic carbocycles. The molecule has 3 rings (SSSR count). The topological polar surface area (TPSA) is 30.5 Å². The Bertz CT molecular complexity index is 553. The van der Waals surface area contributed by atoms with Gasteiger partial charge in [-0.15, -0.1) is 0 Å². The standard InChI is InChI=1S/C18H21NO2/c1-20-16-9-7-15(8-10-16)18-17(13-19-11-12-21-18)14-5-3-2-4-6-14/h2-10,17-19H,11-13H2,1H3/t17-,18+/m1/s1. The monoisotopic (exact) mass is 283 g/mol. The summed E-state index contributed by atoms with van der Waals surface area (Å²) in [7, 11) is 1.69. The Morgan fingerprint density at radius 1 is 1.00 bits per heavy atom. The Balaban J connectivity index is 1.91. The minimum atomic E-state index is 0.0771. The fraction of sp³-hybridized carbons (Fsp3) is 0.333. The highest BCUT2D eigenvalue weighted by Gasteiger charge is 2.27. The highest BCUT2D eigenvalue weighted by molar-refractivity contribution is 5.32.